The van der Waals surface area contributed by atoms with E-state index in [2.05, 4.69) is 77.6 Å². The van der Waals surface area contributed by atoms with Gasteiger partial charge in [-0.05, 0) is 155 Å². The largest absolute Gasteiger partial charge is 0.374 e. The van der Waals surface area contributed by atoms with Gasteiger partial charge in [-0.3, -0.25) is 0 Å². The lowest BCUT2D eigenvalue weighted by molar-refractivity contribution is -0.139. The van der Waals surface area contributed by atoms with Crippen LogP contribution < -0.4 is 0 Å². The molecule has 0 radical (unpaired) electrons. The lowest BCUT2D eigenvalue weighted by Gasteiger charge is -2.61. The molecule has 0 amide bonds. The molecule has 0 spiro atoms. The topological polar surface area (TPSA) is 21.7 Å². The summed E-state index contributed by atoms with van der Waals surface area (Å²) in [5, 5.41) is 0. The number of hydrogen-bond acceptors (Lipinski definition) is 3. The van der Waals surface area contributed by atoms with Crippen LogP contribution in [0.2, 0.25) is 0 Å². The van der Waals surface area contributed by atoms with Crippen molar-refractivity contribution in [3.63, 3.8) is 0 Å². The van der Waals surface area contributed by atoms with Gasteiger partial charge in [-0.15, -0.1) is 0 Å². The zero-order valence-corrected chi connectivity index (χ0v) is 31.1. The van der Waals surface area contributed by atoms with E-state index in [4.69, 9.17) is 9.47 Å². The van der Waals surface area contributed by atoms with E-state index < -0.39 is 0 Å². The molecule has 12 atom stereocenters. The summed E-state index contributed by atoms with van der Waals surface area (Å²) in [6.07, 6.45) is 20.4. The first-order valence-electron chi connectivity index (χ1n) is 20.2. The molecular formula is C43H71NO2. The van der Waals surface area contributed by atoms with Gasteiger partial charge in [0.2, 0.25) is 0 Å². The summed E-state index contributed by atoms with van der Waals surface area (Å²) < 4.78 is 13.7. The van der Waals surface area contributed by atoms with Crippen LogP contribution in [0, 0.1) is 59.2 Å². The number of hydrogen-bond donors (Lipinski definition) is 0. The van der Waals surface area contributed by atoms with E-state index in [0.29, 0.717) is 35.1 Å². The number of nitrogens with zero attached hydrogens (tertiary/aromatic N) is 1. The van der Waals surface area contributed by atoms with Crippen LogP contribution in [-0.4, -0.2) is 42.8 Å². The van der Waals surface area contributed by atoms with Gasteiger partial charge in [0.1, 0.15) is 0 Å². The Balaban J connectivity index is 1.02. The van der Waals surface area contributed by atoms with E-state index >= 15 is 0 Å². The van der Waals surface area contributed by atoms with E-state index in [9.17, 15) is 0 Å². The first-order valence-corrected chi connectivity index (χ1v) is 20.2. The third-order valence-electron chi connectivity index (χ3n) is 15.0. The summed E-state index contributed by atoms with van der Waals surface area (Å²) in [5.41, 5.74) is 3.65. The molecule has 260 valence electrons. The first kappa shape index (κ1) is 34.9. The SMILES string of the molecule is CCCCN(CCCC)C[C@@H](C)CC[C@H]1O[C@H]2C[C@H]3[C@@H]4CC[C@@H]5C[C@@H](OCc6ccc(C)cc6)CC[C@]5(C)[C@H]4CC[C@]3(C)[C@H]2[C@@H]1C. The molecular weight excluding hydrogens is 562 g/mol. The minimum atomic E-state index is 0.445. The Labute approximate surface area is 284 Å². The van der Waals surface area contributed by atoms with E-state index in [1.165, 1.54) is 121 Å². The summed E-state index contributed by atoms with van der Waals surface area (Å²) in [7, 11) is 0. The smallest absolute Gasteiger partial charge is 0.0720 e. The number of fused-ring (bicyclic) bond motifs is 7. The fourth-order valence-electron chi connectivity index (χ4n) is 12.3. The maximum atomic E-state index is 7.11. The van der Waals surface area contributed by atoms with Crippen molar-refractivity contribution in [2.24, 2.45) is 52.3 Å². The molecule has 0 bridgehead atoms. The Morgan fingerprint density at radius 1 is 0.913 bits per heavy atom. The Kier molecular flexibility index (Phi) is 11.3. The Morgan fingerprint density at radius 3 is 2.35 bits per heavy atom. The number of benzene rings is 1. The molecule has 46 heavy (non-hydrogen) atoms. The van der Waals surface area contributed by atoms with Gasteiger partial charge in [-0.1, -0.05) is 84.2 Å². The molecule has 4 saturated carbocycles. The quantitative estimate of drug-likeness (QED) is 0.203. The van der Waals surface area contributed by atoms with Crippen molar-refractivity contribution < 1.29 is 9.47 Å². The predicted molar refractivity (Wildman–Crippen MR) is 193 cm³/mol. The van der Waals surface area contributed by atoms with Gasteiger partial charge < -0.3 is 14.4 Å². The summed E-state index contributed by atoms with van der Waals surface area (Å²) in [6, 6.07) is 8.93. The van der Waals surface area contributed by atoms with Crippen LogP contribution in [0.15, 0.2) is 24.3 Å². The van der Waals surface area contributed by atoms with Crippen LogP contribution in [-0.2, 0) is 16.1 Å². The van der Waals surface area contributed by atoms with Crippen LogP contribution in [0.1, 0.15) is 143 Å². The van der Waals surface area contributed by atoms with Crippen LogP contribution >= 0.6 is 0 Å². The van der Waals surface area contributed by atoms with E-state index in [1.807, 2.05) is 0 Å². The minimum absolute atomic E-state index is 0.445. The maximum absolute atomic E-state index is 7.11. The monoisotopic (exact) mass is 634 g/mol. The fraction of sp³-hybridized carbons (Fsp3) is 0.860. The summed E-state index contributed by atoms with van der Waals surface area (Å²) in [4.78, 5) is 2.76. The van der Waals surface area contributed by atoms with Crippen LogP contribution in [0.5, 0.6) is 0 Å². The highest BCUT2D eigenvalue weighted by molar-refractivity contribution is 5.20. The third-order valence-corrected chi connectivity index (χ3v) is 15.0. The molecule has 3 nitrogen and oxygen atoms in total. The molecule has 0 unspecified atom stereocenters. The molecule has 5 aliphatic rings. The number of ether oxygens (including phenoxy) is 2. The second-order valence-corrected chi connectivity index (χ2v) is 17.9. The molecule has 1 heterocycles. The van der Waals surface area contributed by atoms with E-state index in [1.54, 1.807) is 0 Å². The zero-order chi connectivity index (χ0) is 32.5. The van der Waals surface area contributed by atoms with Gasteiger partial charge in [-0.2, -0.15) is 0 Å². The zero-order valence-electron chi connectivity index (χ0n) is 31.1. The van der Waals surface area contributed by atoms with Crippen LogP contribution in [0.4, 0.5) is 0 Å². The molecule has 5 fully saturated rings. The van der Waals surface area contributed by atoms with E-state index in [-0.39, 0.29) is 0 Å². The standard InChI is InChI=1S/C43H71NO2/c1-8-10-24-44(25-11-9-2)28-31(4)14-19-39-32(5)41-40(46-39)27-38-36-18-17-34-26-35(45-29-33-15-12-30(3)13-16-33)20-22-42(34,6)37(36)21-23-43(38,41)7/h12-13,15-16,31-32,34-41H,8-11,14,17-29H2,1-7H3/t31-,32+,34+,35-,36+,37-,38-,39+,40-,41-,42-,43-/m0/s1. The van der Waals surface area contributed by atoms with E-state index in [0.717, 1.165) is 42.1 Å². The van der Waals surface area contributed by atoms with Crippen molar-refractivity contribution in [2.45, 2.75) is 163 Å². The van der Waals surface area contributed by atoms with Gasteiger partial charge in [0, 0.05) is 6.54 Å². The lowest BCUT2D eigenvalue weighted by Crippen LogP contribution is -2.54. The van der Waals surface area contributed by atoms with Crippen LogP contribution in [0.3, 0.4) is 0 Å². The average molecular weight is 634 g/mol. The molecule has 4 aliphatic carbocycles. The Hall–Kier alpha value is -0.900. The first-order chi connectivity index (χ1) is 22.2. The second-order valence-electron chi connectivity index (χ2n) is 17.9. The number of unbranched alkanes of at least 4 members (excludes halogenated alkanes) is 2. The number of aryl methyl sites for hydroxylation is 1. The van der Waals surface area contributed by atoms with Crippen molar-refractivity contribution in [2.75, 3.05) is 19.6 Å². The molecule has 0 aromatic heterocycles. The van der Waals surface area contributed by atoms with Gasteiger partial charge >= 0.3 is 0 Å². The average Bonchev–Trinajstić information content (AvgIpc) is 3.53. The molecule has 1 aromatic carbocycles. The molecule has 1 aliphatic heterocycles. The molecule has 1 saturated heterocycles. The molecule has 0 N–H and O–H groups in total. The highest BCUT2D eigenvalue weighted by Gasteiger charge is 2.65. The number of rotatable bonds is 14. The van der Waals surface area contributed by atoms with Crippen molar-refractivity contribution >= 4 is 0 Å². The van der Waals surface area contributed by atoms with Gasteiger partial charge in [0.25, 0.3) is 0 Å². The highest BCUT2D eigenvalue weighted by Crippen LogP contribution is 2.70. The summed E-state index contributed by atoms with van der Waals surface area (Å²) >= 11 is 0. The van der Waals surface area contributed by atoms with Crippen molar-refractivity contribution in [3.8, 4) is 0 Å². The highest BCUT2D eigenvalue weighted by atomic mass is 16.5. The van der Waals surface area contributed by atoms with Gasteiger partial charge in [0.05, 0.1) is 24.9 Å². The fourth-order valence-corrected chi connectivity index (χ4v) is 12.3. The molecule has 6 rings (SSSR count). The normalized spacial score (nSPS) is 40.7. The molecule has 3 heteroatoms. The maximum Gasteiger partial charge on any atom is 0.0720 e. The van der Waals surface area contributed by atoms with Gasteiger partial charge in [-0.25, -0.2) is 0 Å². The predicted octanol–water partition coefficient (Wildman–Crippen LogP) is 10.9. The van der Waals surface area contributed by atoms with Crippen molar-refractivity contribution in [3.05, 3.63) is 35.4 Å². The lowest BCUT2D eigenvalue weighted by atomic mass is 9.44. The Bertz CT molecular complexity index is 1090. The van der Waals surface area contributed by atoms with Crippen molar-refractivity contribution in [1.82, 2.24) is 4.90 Å². The van der Waals surface area contributed by atoms with Gasteiger partial charge in [0.15, 0.2) is 0 Å². The molecule has 1 aromatic rings. The summed E-state index contributed by atoms with van der Waals surface area (Å²) in [5.74, 6) is 5.81. The van der Waals surface area contributed by atoms with Crippen molar-refractivity contribution in [1.29, 1.82) is 0 Å². The minimum Gasteiger partial charge on any atom is -0.374 e. The van der Waals surface area contributed by atoms with Crippen LogP contribution in [0.25, 0.3) is 0 Å². The Morgan fingerprint density at radius 2 is 1.63 bits per heavy atom. The third kappa shape index (κ3) is 7.05. The summed E-state index contributed by atoms with van der Waals surface area (Å²) in [6.45, 7) is 22.0. The second kappa shape index (κ2) is 14.9.